The molecule has 1 fully saturated rings. The SMILES string of the molecule is O=C(C=C1CCCNC1)c1cccc(Cl)c1. The Kier molecular flexibility index (Phi) is 3.75. The second-order valence-corrected chi connectivity index (χ2v) is 4.39. The number of piperidine rings is 1. The van der Waals surface area contributed by atoms with Crippen molar-refractivity contribution < 1.29 is 4.79 Å². The van der Waals surface area contributed by atoms with Crippen LogP contribution >= 0.6 is 11.6 Å². The molecule has 1 N–H and O–H groups in total. The Balaban J connectivity index is 2.13. The Morgan fingerprint density at radius 2 is 2.31 bits per heavy atom. The van der Waals surface area contributed by atoms with Crippen molar-refractivity contribution in [3.05, 3.63) is 46.5 Å². The first-order valence-electron chi connectivity index (χ1n) is 5.46. The van der Waals surface area contributed by atoms with Crippen LogP contribution in [0.5, 0.6) is 0 Å². The van der Waals surface area contributed by atoms with E-state index in [1.807, 2.05) is 0 Å². The Morgan fingerprint density at radius 3 is 3.00 bits per heavy atom. The lowest BCUT2D eigenvalue weighted by Crippen LogP contribution is -2.24. The minimum Gasteiger partial charge on any atom is -0.313 e. The van der Waals surface area contributed by atoms with E-state index >= 15 is 0 Å². The Labute approximate surface area is 100 Å². The van der Waals surface area contributed by atoms with Crippen LogP contribution in [0.1, 0.15) is 23.2 Å². The number of hydrogen-bond donors (Lipinski definition) is 1. The molecule has 2 nitrogen and oxygen atoms in total. The van der Waals surface area contributed by atoms with Crippen molar-refractivity contribution in [3.63, 3.8) is 0 Å². The minimum absolute atomic E-state index is 0.0428. The van der Waals surface area contributed by atoms with Gasteiger partial charge in [-0.25, -0.2) is 0 Å². The molecule has 1 aliphatic heterocycles. The molecule has 16 heavy (non-hydrogen) atoms. The van der Waals surface area contributed by atoms with E-state index in [2.05, 4.69) is 5.32 Å². The van der Waals surface area contributed by atoms with Gasteiger partial charge in [-0.3, -0.25) is 4.79 Å². The van der Waals surface area contributed by atoms with E-state index in [-0.39, 0.29) is 5.78 Å². The topological polar surface area (TPSA) is 29.1 Å². The quantitative estimate of drug-likeness (QED) is 0.631. The van der Waals surface area contributed by atoms with Gasteiger partial charge in [0.1, 0.15) is 0 Å². The van der Waals surface area contributed by atoms with E-state index < -0.39 is 0 Å². The van der Waals surface area contributed by atoms with Gasteiger partial charge in [-0.15, -0.1) is 0 Å². The highest BCUT2D eigenvalue weighted by molar-refractivity contribution is 6.31. The summed E-state index contributed by atoms with van der Waals surface area (Å²) in [6.07, 6.45) is 3.85. The number of allylic oxidation sites excluding steroid dienone is 1. The summed E-state index contributed by atoms with van der Waals surface area (Å²) in [5, 5.41) is 3.86. The molecule has 1 aromatic rings. The Morgan fingerprint density at radius 1 is 1.44 bits per heavy atom. The molecule has 0 aromatic heterocycles. The van der Waals surface area contributed by atoms with Crippen molar-refractivity contribution in [2.75, 3.05) is 13.1 Å². The molecule has 0 spiro atoms. The fraction of sp³-hybridized carbons (Fsp3) is 0.308. The molecule has 1 aromatic carbocycles. The number of carbonyl (C=O) groups is 1. The second-order valence-electron chi connectivity index (χ2n) is 3.96. The highest BCUT2D eigenvalue weighted by Gasteiger charge is 2.08. The van der Waals surface area contributed by atoms with Crippen molar-refractivity contribution in [2.24, 2.45) is 0 Å². The molecule has 0 bridgehead atoms. The average molecular weight is 236 g/mol. The number of rotatable bonds is 2. The molecule has 1 heterocycles. The predicted octanol–water partition coefficient (Wildman–Crippen LogP) is 2.83. The number of ketones is 1. The number of carbonyl (C=O) groups excluding carboxylic acids is 1. The molecule has 0 saturated carbocycles. The maximum absolute atomic E-state index is 11.9. The summed E-state index contributed by atoms with van der Waals surface area (Å²) < 4.78 is 0. The molecule has 2 rings (SSSR count). The van der Waals surface area contributed by atoms with Crippen LogP contribution in [0.15, 0.2) is 35.9 Å². The van der Waals surface area contributed by atoms with Crippen LogP contribution in [0, 0.1) is 0 Å². The van der Waals surface area contributed by atoms with E-state index in [4.69, 9.17) is 11.6 Å². The first-order chi connectivity index (χ1) is 7.75. The number of benzene rings is 1. The normalized spacial score (nSPS) is 18.7. The molecular weight excluding hydrogens is 222 g/mol. The standard InChI is InChI=1S/C13H14ClNO/c14-12-5-1-4-11(8-12)13(16)7-10-3-2-6-15-9-10/h1,4-5,7-8,15H,2-3,6,9H2. The van der Waals surface area contributed by atoms with Crippen molar-refractivity contribution in [2.45, 2.75) is 12.8 Å². The van der Waals surface area contributed by atoms with Crippen LogP contribution in [0.2, 0.25) is 5.02 Å². The fourth-order valence-corrected chi connectivity index (χ4v) is 2.00. The van der Waals surface area contributed by atoms with Crippen LogP contribution in [0.3, 0.4) is 0 Å². The summed E-state index contributed by atoms with van der Waals surface area (Å²) in [5.74, 6) is 0.0428. The predicted molar refractivity (Wildman–Crippen MR) is 66.0 cm³/mol. The van der Waals surface area contributed by atoms with E-state index in [0.29, 0.717) is 10.6 Å². The van der Waals surface area contributed by atoms with Gasteiger partial charge >= 0.3 is 0 Å². The Bertz CT molecular complexity index is 418. The lowest BCUT2D eigenvalue weighted by atomic mass is 10.0. The third kappa shape index (κ3) is 2.94. The third-order valence-electron chi connectivity index (χ3n) is 2.65. The molecule has 3 heteroatoms. The molecule has 0 radical (unpaired) electrons. The van der Waals surface area contributed by atoms with Gasteiger partial charge in [-0.2, -0.15) is 0 Å². The van der Waals surface area contributed by atoms with Gasteiger partial charge in [0.15, 0.2) is 5.78 Å². The summed E-state index contributed by atoms with van der Waals surface area (Å²) in [5.41, 5.74) is 1.83. The lowest BCUT2D eigenvalue weighted by Gasteiger charge is -2.14. The van der Waals surface area contributed by atoms with Gasteiger partial charge in [-0.05, 0) is 37.6 Å². The zero-order valence-electron chi connectivity index (χ0n) is 9.00. The maximum Gasteiger partial charge on any atom is 0.185 e. The lowest BCUT2D eigenvalue weighted by molar-refractivity contribution is 0.104. The van der Waals surface area contributed by atoms with Crippen molar-refractivity contribution in [1.29, 1.82) is 0 Å². The van der Waals surface area contributed by atoms with E-state index in [0.717, 1.165) is 25.9 Å². The molecule has 0 atom stereocenters. The summed E-state index contributed by atoms with van der Waals surface area (Å²) in [6.45, 7) is 1.87. The monoisotopic (exact) mass is 235 g/mol. The summed E-state index contributed by atoms with van der Waals surface area (Å²) in [4.78, 5) is 11.9. The highest BCUT2D eigenvalue weighted by atomic mass is 35.5. The van der Waals surface area contributed by atoms with Crippen LogP contribution in [0.4, 0.5) is 0 Å². The zero-order chi connectivity index (χ0) is 11.4. The first kappa shape index (κ1) is 11.4. The molecule has 1 aliphatic rings. The molecule has 0 amide bonds. The molecule has 0 unspecified atom stereocenters. The van der Waals surface area contributed by atoms with Gasteiger partial charge in [0, 0.05) is 17.1 Å². The average Bonchev–Trinajstić information content (AvgIpc) is 2.30. The molecule has 84 valence electrons. The number of halogens is 1. The summed E-state index contributed by atoms with van der Waals surface area (Å²) >= 11 is 5.85. The smallest absolute Gasteiger partial charge is 0.185 e. The van der Waals surface area contributed by atoms with Gasteiger partial charge < -0.3 is 5.32 Å². The van der Waals surface area contributed by atoms with Gasteiger partial charge in [0.2, 0.25) is 0 Å². The van der Waals surface area contributed by atoms with Crippen LogP contribution in [0.25, 0.3) is 0 Å². The second kappa shape index (κ2) is 5.28. The fourth-order valence-electron chi connectivity index (χ4n) is 1.81. The van der Waals surface area contributed by atoms with E-state index in [1.54, 1.807) is 30.3 Å². The highest BCUT2D eigenvalue weighted by Crippen LogP contribution is 2.14. The molecule has 0 aliphatic carbocycles. The molecule has 1 saturated heterocycles. The number of nitrogens with one attached hydrogen (secondary N) is 1. The van der Waals surface area contributed by atoms with Crippen molar-refractivity contribution in [1.82, 2.24) is 5.32 Å². The van der Waals surface area contributed by atoms with Gasteiger partial charge in [0.25, 0.3) is 0 Å². The number of hydrogen-bond acceptors (Lipinski definition) is 2. The van der Waals surface area contributed by atoms with Crippen molar-refractivity contribution in [3.8, 4) is 0 Å². The third-order valence-corrected chi connectivity index (χ3v) is 2.88. The van der Waals surface area contributed by atoms with Gasteiger partial charge in [0.05, 0.1) is 0 Å². The Hall–Kier alpha value is -1.12. The van der Waals surface area contributed by atoms with E-state index in [1.165, 1.54) is 5.57 Å². The van der Waals surface area contributed by atoms with Crippen LogP contribution in [-0.4, -0.2) is 18.9 Å². The summed E-state index contributed by atoms with van der Waals surface area (Å²) in [6, 6.07) is 7.07. The van der Waals surface area contributed by atoms with E-state index in [9.17, 15) is 4.79 Å². The van der Waals surface area contributed by atoms with Gasteiger partial charge in [-0.1, -0.05) is 29.3 Å². The maximum atomic E-state index is 11.9. The van der Waals surface area contributed by atoms with Crippen LogP contribution < -0.4 is 5.32 Å². The summed E-state index contributed by atoms with van der Waals surface area (Å²) in [7, 11) is 0. The van der Waals surface area contributed by atoms with Crippen LogP contribution in [-0.2, 0) is 0 Å². The molecular formula is C13H14ClNO. The minimum atomic E-state index is 0.0428. The zero-order valence-corrected chi connectivity index (χ0v) is 9.76. The first-order valence-corrected chi connectivity index (χ1v) is 5.83. The largest absolute Gasteiger partial charge is 0.313 e. The van der Waals surface area contributed by atoms with Crippen molar-refractivity contribution >= 4 is 17.4 Å².